The predicted octanol–water partition coefficient (Wildman–Crippen LogP) is 4.09. The second kappa shape index (κ2) is 7.21. The van der Waals surface area contributed by atoms with Crippen LogP contribution in [-0.2, 0) is 4.79 Å². The van der Waals surface area contributed by atoms with Crippen molar-refractivity contribution >= 4 is 22.9 Å². The maximum atomic E-state index is 12.0. The van der Waals surface area contributed by atoms with Crippen molar-refractivity contribution in [2.45, 2.75) is 44.6 Å². The van der Waals surface area contributed by atoms with E-state index in [1.54, 1.807) is 12.2 Å². The molecule has 0 aliphatic heterocycles. The molecule has 1 N–H and O–H groups in total. The van der Waals surface area contributed by atoms with Gasteiger partial charge in [0.25, 0.3) is 0 Å². The molecule has 1 aliphatic rings. The van der Waals surface area contributed by atoms with Crippen LogP contribution in [0.5, 0.6) is 0 Å². The standard InChI is InChI=1S/C19H22N2O/c22-19(21-16-8-3-1-2-4-9-16)14-13-17-12-11-15-7-5-6-10-18(15)20-17/h5-7,10-14,16H,1-4,8-9H2,(H,21,22)/b14-13+. The van der Waals surface area contributed by atoms with Crippen LogP contribution in [0.3, 0.4) is 0 Å². The Morgan fingerprint density at radius 3 is 2.64 bits per heavy atom. The Balaban J connectivity index is 1.62. The number of para-hydroxylation sites is 1. The fraction of sp³-hybridized carbons (Fsp3) is 0.368. The van der Waals surface area contributed by atoms with Crippen LogP contribution in [0.2, 0.25) is 0 Å². The summed E-state index contributed by atoms with van der Waals surface area (Å²) in [4.78, 5) is 16.6. The molecule has 22 heavy (non-hydrogen) atoms. The number of nitrogens with one attached hydrogen (secondary N) is 1. The van der Waals surface area contributed by atoms with Gasteiger partial charge in [-0.3, -0.25) is 4.79 Å². The number of fused-ring (bicyclic) bond motifs is 1. The van der Waals surface area contributed by atoms with Crippen molar-refractivity contribution in [3.8, 4) is 0 Å². The quantitative estimate of drug-likeness (QED) is 0.684. The summed E-state index contributed by atoms with van der Waals surface area (Å²) in [6, 6.07) is 12.3. The predicted molar refractivity (Wildman–Crippen MR) is 90.4 cm³/mol. The van der Waals surface area contributed by atoms with E-state index in [2.05, 4.69) is 10.3 Å². The summed E-state index contributed by atoms with van der Waals surface area (Å²) in [6.07, 6.45) is 10.6. The number of carbonyl (C=O) groups excluding carboxylic acids is 1. The van der Waals surface area contributed by atoms with Crippen LogP contribution in [0, 0.1) is 0 Å². The number of pyridine rings is 1. The van der Waals surface area contributed by atoms with Gasteiger partial charge in [0.2, 0.25) is 5.91 Å². The molecule has 1 heterocycles. The molecule has 0 atom stereocenters. The summed E-state index contributed by atoms with van der Waals surface area (Å²) in [5.41, 5.74) is 1.77. The molecule has 0 spiro atoms. The zero-order chi connectivity index (χ0) is 15.2. The highest BCUT2D eigenvalue weighted by Gasteiger charge is 2.13. The maximum Gasteiger partial charge on any atom is 0.244 e. The van der Waals surface area contributed by atoms with E-state index in [9.17, 15) is 4.79 Å². The summed E-state index contributed by atoms with van der Waals surface area (Å²) < 4.78 is 0. The van der Waals surface area contributed by atoms with E-state index in [0.717, 1.165) is 29.4 Å². The number of hydrogen-bond donors (Lipinski definition) is 1. The Kier molecular flexibility index (Phi) is 4.84. The van der Waals surface area contributed by atoms with Gasteiger partial charge in [0.05, 0.1) is 11.2 Å². The Morgan fingerprint density at radius 1 is 1.05 bits per heavy atom. The zero-order valence-electron chi connectivity index (χ0n) is 12.8. The van der Waals surface area contributed by atoms with E-state index in [4.69, 9.17) is 0 Å². The van der Waals surface area contributed by atoms with Crippen LogP contribution in [0.15, 0.2) is 42.5 Å². The summed E-state index contributed by atoms with van der Waals surface area (Å²) in [5.74, 6) is -0.0122. The molecule has 1 saturated carbocycles. The lowest BCUT2D eigenvalue weighted by Crippen LogP contribution is -2.33. The van der Waals surface area contributed by atoms with Gasteiger partial charge in [-0.05, 0) is 31.1 Å². The fourth-order valence-corrected chi connectivity index (χ4v) is 3.01. The monoisotopic (exact) mass is 294 g/mol. The van der Waals surface area contributed by atoms with Crippen LogP contribution >= 0.6 is 0 Å². The Bertz CT molecular complexity index is 670. The van der Waals surface area contributed by atoms with E-state index >= 15 is 0 Å². The van der Waals surface area contributed by atoms with E-state index in [1.165, 1.54) is 25.7 Å². The number of rotatable bonds is 3. The van der Waals surface area contributed by atoms with Crippen LogP contribution < -0.4 is 5.32 Å². The number of amides is 1. The smallest absolute Gasteiger partial charge is 0.244 e. The van der Waals surface area contributed by atoms with E-state index in [-0.39, 0.29) is 5.91 Å². The van der Waals surface area contributed by atoms with E-state index in [0.29, 0.717) is 6.04 Å². The SMILES string of the molecule is O=C(/C=C/c1ccc2ccccc2n1)NC1CCCCCC1. The first-order valence-electron chi connectivity index (χ1n) is 8.16. The number of aromatic nitrogens is 1. The third kappa shape index (κ3) is 3.94. The summed E-state index contributed by atoms with van der Waals surface area (Å²) in [7, 11) is 0. The summed E-state index contributed by atoms with van der Waals surface area (Å²) >= 11 is 0. The first kappa shape index (κ1) is 14.8. The molecule has 1 aromatic heterocycles. The second-order valence-corrected chi connectivity index (χ2v) is 5.96. The lowest BCUT2D eigenvalue weighted by atomic mass is 10.1. The Morgan fingerprint density at radius 2 is 1.82 bits per heavy atom. The molecule has 1 fully saturated rings. The van der Waals surface area contributed by atoms with Crippen LogP contribution in [0.25, 0.3) is 17.0 Å². The molecular formula is C19H22N2O. The van der Waals surface area contributed by atoms with Gasteiger partial charge in [-0.25, -0.2) is 4.98 Å². The molecule has 0 bridgehead atoms. The molecule has 2 aromatic rings. The molecule has 1 aliphatic carbocycles. The topological polar surface area (TPSA) is 42.0 Å². The van der Waals surface area contributed by atoms with Crippen LogP contribution in [0.1, 0.15) is 44.2 Å². The van der Waals surface area contributed by atoms with Gasteiger partial charge in [-0.2, -0.15) is 0 Å². The average molecular weight is 294 g/mol. The maximum absolute atomic E-state index is 12.0. The second-order valence-electron chi connectivity index (χ2n) is 5.96. The van der Waals surface area contributed by atoms with Gasteiger partial charge in [0.1, 0.15) is 0 Å². The molecule has 0 unspecified atom stereocenters. The number of nitrogens with zero attached hydrogens (tertiary/aromatic N) is 1. The normalized spacial score (nSPS) is 16.7. The number of hydrogen-bond acceptors (Lipinski definition) is 2. The molecular weight excluding hydrogens is 272 g/mol. The molecule has 1 aromatic carbocycles. The molecule has 1 amide bonds. The van der Waals surface area contributed by atoms with Crippen molar-refractivity contribution in [1.29, 1.82) is 0 Å². The highest BCUT2D eigenvalue weighted by Crippen LogP contribution is 2.17. The van der Waals surface area contributed by atoms with Crippen LogP contribution in [0.4, 0.5) is 0 Å². The molecule has 3 heteroatoms. The van der Waals surface area contributed by atoms with Crippen molar-refractivity contribution in [1.82, 2.24) is 10.3 Å². The van der Waals surface area contributed by atoms with Gasteiger partial charge >= 0.3 is 0 Å². The Hall–Kier alpha value is -2.16. The summed E-state index contributed by atoms with van der Waals surface area (Å²) in [6.45, 7) is 0. The van der Waals surface area contributed by atoms with Crippen molar-refractivity contribution < 1.29 is 4.79 Å². The first-order chi connectivity index (χ1) is 10.8. The van der Waals surface area contributed by atoms with Gasteiger partial charge in [-0.1, -0.05) is 49.9 Å². The van der Waals surface area contributed by atoms with E-state index < -0.39 is 0 Å². The molecule has 0 saturated heterocycles. The Labute approximate surface area is 131 Å². The number of benzene rings is 1. The summed E-state index contributed by atoms with van der Waals surface area (Å²) in [5, 5.41) is 4.23. The molecule has 0 radical (unpaired) electrons. The van der Waals surface area contributed by atoms with Crippen LogP contribution in [-0.4, -0.2) is 16.9 Å². The van der Waals surface area contributed by atoms with Crippen molar-refractivity contribution in [3.05, 3.63) is 48.2 Å². The lowest BCUT2D eigenvalue weighted by Gasteiger charge is -2.14. The minimum atomic E-state index is -0.0122. The molecule has 3 nitrogen and oxygen atoms in total. The lowest BCUT2D eigenvalue weighted by molar-refractivity contribution is -0.117. The largest absolute Gasteiger partial charge is 0.350 e. The number of carbonyl (C=O) groups is 1. The minimum absolute atomic E-state index is 0.0122. The van der Waals surface area contributed by atoms with Crippen molar-refractivity contribution in [2.24, 2.45) is 0 Å². The average Bonchev–Trinajstić information content (AvgIpc) is 2.81. The third-order valence-corrected chi connectivity index (χ3v) is 4.23. The minimum Gasteiger partial charge on any atom is -0.350 e. The van der Waals surface area contributed by atoms with Crippen molar-refractivity contribution in [2.75, 3.05) is 0 Å². The first-order valence-corrected chi connectivity index (χ1v) is 8.16. The van der Waals surface area contributed by atoms with Gasteiger partial charge in [-0.15, -0.1) is 0 Å². The van der Waals surface area contributed by atoms with Gasteiger partial charge in [0.15, 0.2) is 0 Å². The third-order valence-electron chi connectivity index (χ3n) is 4.23. The molecule has 3 rings (SSSR count). The molecule has 114 valence electrons. The zero-order valence-corrected chi connectivity index (χ0v) is 12.8. The van der Waals surface area contributed by atoms with Crippen molar-refractivity contribution in [3.63, 3.8) is 0 Å². The highest BCUT2D eigenvalue weighted by molar-refractivity contribution is 5.92. The van der Waals surface area contributed by atoms with E-state index in [1.807, 2.05) is 36.4 Å². The highest BCUT2D eigenvalue weighted by atomic mass is 16.1. The fourth-order valence-electron chi connectivity index (χ4n) is 3.01. The van der Waals surface area contributed by atoms with Gasteiger partial charge < -0.3 is 5.32 Å². The van der Waals surface area contributed by atoms with Gasteiger partial charge in [0, 0.05) is 17.5 Å².